The van der Waals surface area contributed by atoms with E-state index in [0.29, 0.717) is 19.3 Å². The number of ether oxygens (including phenoxy) is 1. The highest BCUT2D eigenvalue weighted by Gasteiger charge is 2.74. The summed E-state index contributed by atoms with van der Waals surface area (Å²) in [6.45, 7) is 4.62. The molecule has 0 aromatic rings. The van der Waals surface area contributed by atoms with Crippen LogP contribution in [0.3, 0.4) is 0 Å². The van der Waals surface area contributed by atoms with Crippen molar-refractivity contribution in [3.63, 3.8) is 0 Å². The third kappa shape index (κ3) is 3.27. The molecule has 8 heteroatoms. The molecule has 0 bridgehead atoms. The second-order valence-corrected chi connectivity index (χ2v) is 11.6. The van der Waals surface area contributed by atoms with Crippen LogP contribution in [0.5, 0.6) is 0 Å². The van der Waals surface area contributed by atoms with Gasteiger partial charge in [0.2, 0.25) is 0 Å². The first-order chi connectivity index (χ1) is 15.4. The first-order valence-electron chi connectivity index (χ1n) is 11.8. The van der Waals surface area contributed by atoms with Crippen LogP contribution in [0.2, 0.25) is 0 Å². The van der Waals surface area contributed by atoms with E-state index >= 15 is 0 Å². The minimum Gasteiger partial charge on any atom is -0.394 e. The molecule has 0 spiro atoms. The van der Waals surface area contributed by atoms with Crippen molar-refractivity contribution in [1.82, 2.24) is 0 Å². The van der Waals surface area contributed by atoms with Gasteiger partial charge >= 0.3 is 0 Å². The lowest BCUT2D eigenvalue weighted by molar-refractivity contribution is -0.181. The molecule has 0 saturated heterocycles. The number of alkyl halides is 1. The maximum Gasteiger partial charge on any atom is 0.190 e. The molecule has 0 heterocycles. The summed E-state index contributed by atoms with van der Waals surface area (Å²) >= 11 is 7.38. The van der Waals surface area contributed by atoms with Crippen molar-refractivity contribution in [2.45, 2.75) is 69.1 Å². The molecule has 33 heavy (non-hydrogen) atoms. The van der Waals surface area contributed by atoms with Gasteiger partial charge in [-0.2, -0.15) is 0 Å². The summed E-state index contributed by atoms with van der Waals surface area (Å²) in [6.07, 6.45) is 4.96. The first kappa shape index (κ1) is 25.0. The highest BCUT2D eigenvalue weighted by Crippen LogP contribution is 2.71. The van der Waals surface area contributed by atoms with Gasteiger partial charge in [0, 0.05) is 10.8 Å². The predicted octanol–water partition coefficient (Wildman–Crippen LogP) is 1.54. The average molecular weight is 483 g/mol. The summed E-state index contributed by atoms with van der Waals surface area (Å²) in [5.41, 5.74) is -2.38. The van der Waals surface area contributed by atoms with Crippen LogP contribution >= 0.6 is 11.6 Å². The highest BCUT2D eigenvalue weighted by molar-refractivity contribution is 6.26. The van der Waals surface area contributed by atoms with Gasteiger partial charge in [-0.05, 0) is 55.6 Å². The largest absolute Gasteiger partial charge is 0.394 e. The average Bonchev–Trinajstić information content (AvgIpc) is 2.96. The first-order valence-corrected chi connectivity index (χ1v) is 12.2. The van der Waals surface area contributed by atoms with E-state index in [1.54, 1.807) is 6.08 Å². The third-order valence-corrected chi connectivity index (χ3v) is 10.3. The number of aliphatic hydroxyl groups is 4. The van der Waals surface area contributed by atoms with E-state index in [0.717, 1.165) is 5.57 Å². The number of ketones is 2. The number of rotatable bonds is 6. The van der Waals surface area contributed by atoms with Crippen LogP contribution in [0.15, 0.2) is 23.8 Å². The Morgan fingerprint density at radius 1 is 1.33 bits per heavy atom. The number of fused-ring (bicyclic) bond motifs is 5. The SMILES string of the molecule is C[C@H]1C[C@H]2[C@@H]3CCC4=CC(=O)C=C[C@]4(C)[C@@]3(Cl)[C@@H](O)C[C@]2(C)[C@@]1(O)C(=O)COCC(O)CO. The van der Waals surface area contributed by atoms with Crippen LogP contribution in [-0.2, 0) is 14.3 Å². The molecule has 0 aromatic heterocycles. The molecule has 9 atom stereocenters. The molecule has 4 rings (SSSR count). The number of hydrogen-bond donors (Lipinski definition) is 4. The van der Waals surface area contributed by atoms with Crippen molar-refractivity contribution in [2.24, 2.45) is 28.6 Å². The molecule has 4 N–H and O–H groups in total. The number of halogens is 1. The summed E-state index contributed by atoms with van der Waals surface area (Å²) in [6, 6.07) is 0. The lowest BCUT2D eigenvalue weighted by Gasteiger charge is -2.63. The molecule has 184 valence electrons. The van der Waals surface area contributed by atoms with Crippen LogP contribution in [0.4, 0.5) is 0 Å². The molecular weight excluding hydrogens is 448 g/mol. The van der Waals surface area contributed by atoms with Crippen molar-refractivity contribution < 1.29 is 34.8 Å². The molecule has 0 aliphatic heterocycles. The van der Waals surface area contributed by atoms with Crippen molar-refractivity contribution in [2.75, 3.05) is 19.8 Å². The number of aliphatic hydroxyl groups excluding tert-OH is 3. The fourth-order valence-electron chi connectivity index (χ4n) is 7.59. The van der Waals surface area contributed by atoms with Gasteiger partial charge < -0.3 is 25.2 Å². The molecular formula is C25H35ClO7. The van der Waals surface area contributed by atoms with Gasteiger partial charge in [0.1, 0.15) is 18.3 Å². The van der Waals surface area contributed by atoms with E-state index in [-0.39, 0.29) is 43.2 Å². The zero-order valence-corrected chi connectivity index (χ0v) is 20.2. The van der Waals surface area contributed by atoms with E-state index in [1.807, 2.05) is 26.8 Å². The van der Waals surface area contributed by atoms with E-state index in [1.165, 1.54) is 6.08 Å². The Morgan fingerprint density at radius 2 is 2.03 bits per heavy atom. The topological polar surface area (TPSA) is 124 Å². The maximum absolute atomic E-state index is 13.3. The van der Waals surface area contributed by atoms with Gasteiger partial charge in [0.25, 0.3) is 0 Å². The zero-order valence-electron chi connectivity index (χ0n) is 19.5. The normalized spacial score (nSPS) is 47.4. The molecule has 0 amide bonds. The van der Waals surface area contributed by atoms with Crippen molar-refractivity contribution in [3.8, 4) is 0 Å². The van der Waals surface area contributed by atoms with Crippen molar-refractivity contribution in [1.29, 1.82) is 0 Å². The van der Waals surface area contributed by atoms with Gasteiger partial charge in [-0.3, -0.25) is 9.59 Å². The predicted molar refractivity (Wildman–Crippen MR) is 122 cm³/mol. The lowest BCUT2D eigenvalue weighted by atomic mass is 9.45. The third-order valence-electron chi connectivity index (χ3n) is 9.40. The molecule has 3 fully saturated rings. The smallest absolute Gasteiger partial charge is 0.190 e. The zero-order chi connectivity index (χ0) is 24.4. The molecule has 0 radical (unpaired) electrons. The number of carbonyl (C=O) groups excluding carboxylic acids is 2. The number of hydrogen-bond acceptors (Lipinski definition) is 7. The fraction of sp³-hybridized carbons (Fsp3) is 0.760. The quantitative estimate of drug-likeness (QED) is 0.423. The molecule has 4 aliphatic rings. The summed E-state index contributed by atoms with van der Waals surface area (Å²) < 4.78 is 5.29. The van der Waals surface area contributed by atoms with E-state index in [2.05, 4.69) is 0 Å². The Hall–Kier alpha value is -1.09. The number of allylic oxidation sites excluding steroid dienone is 4. The summed E-state index contributed by atoms with van der Waals surface area (Å²) in [5, 5.41) is 41.8. The standard InChI is InChI=1S/C25H35ClO7/c1-14-8-19-18-5-4-15-9-16(28)6-7-22(15,2)24(18,26)20(30)10-23(19,3)25(14,32)21(31)13-33-12-17(29)11-27/h6-7,9,14,17-20,27,29-30,32H,4-5,8,10-13H2,1-3H3/t14-,17?,18-,19-,20-,22-,23-,24-,25-/m0/s1. The maximum atomic E-state index is 13.3. The van der Waals surface area contributed by atoms with Gasteiger partial charge in [-0.1, -0.05) is 32.4 Å². The van der Waals surface area contributed by atoms with Crippen LogP contribution in [-0.4, -0.2) is 74.5 Å². The molecule has 0 aromatic carbocycles. The second-order valence-electron chi connectivity index (χ2n) is 10.9. The second kappa shape index (κ2) is 8.25. The number of Topliss-reactive ketones (excluding diaryl/α,β-unsaturated/α-hetero) is 1. The Labute approximate surface area is 199 Å². The van der Waals surface area contributed by atoms with Crippen LogP contribution in [0.25, 0.3) is 0 Å². The Bertz CT molecular complexity index is 901. The van der Waals surface area contributed by atoms with Gasteiger partial charge in [0.05, 0.1) is 24.2 Å². The van der Waals surface area contributed by atoms with Gasteiger partial charge in [0.15, 0.2) is 11.6 Å². The summed E-state index contributed by atoms with van der Waals surface area (Å²) in [5.74, 6) is -1.18. The van der Waals surface area contributed by atoms with Gasteiger partial charge in [-0.25, -0.2) is 0 Å². The number of carbonyl (C=O) groups is 2. The van der Waals surface area contributed by atoms with Crippen LogP contribution in [0.1, 0.15) is 46.5 Å². The van der Waals surface area contributed by atoms with E-state index < -0.39 is 45.9 Å². The van der Waals surface area contributed by atoms with E-state index in [4.69, 9.17) is 21.4 Å². The van der Waals surface area contributed by atoms with Crippen LogP contribution in [0, 0.1) is 28.6 Å². The van der Waals surface area contributed by atoms with E-state index in [9.17, 15) is 24.9 Å². The van der Waals surface area contributed by atoms with Crippen LogP contribution < -0.4 is 0 Å². The molecule has 7 nitrogen and oxygen atoms in total. The minimum absolute atomic E-state index is 0.0721. The fourth-order valence-corrected chi connectivity index (χ4v) is 8.11. The Balaban J connectivity index is 1.67. The molecule has 3 saturated carbocycles. The molecule has 1 unspecified atom stereocenters. The van der Waals surface area contributed by atoms with Crippen molar-refractivity contribution >= 4 is 23.2 Å². The summed E-state index contributed by atoms with van der Waals surface area (Å²) in [7, 11) is 0. The molecule has 4 aliphatic carbocycles. The van der Waals surface area contributed by atoms with Gasteiger partial charge in [-0.15, -0.1) is 11.6 Å². The highest BCUT2D eigenvalue weighted by atomic mass is 35.5. The minimum atomic E-state index is -1.71. The monoisotopic (exact) mass is 482 g/mol. The Morgan fingerprint density at radius 3 is 2.70 bits per heavy atom. The van der Waals surface area contributed by atoms with Crippen molar-refractivity contribution in [3.05, 3.63) is 23.8 Å². The lowest BCUT2D eigenvalue weighted by Crippen LogP contribution is -2.69. The Kier molecular flexibility index (Phi) is 6.25. The summed E-state index contributed by atoms with van der Waals surface area (Å²) in [4.78, 5) is 24.3.